The second-order valence-electron chi connectivity index (χ2n) is 4.72. The Morgan fingerprint density at radius 3 is 3.00 bits per heavy atom. The van der Waals surface area contributed by atoms with Crippen LogP contribution in [0.5, 0.6) is 0 Å². The lowest BCUT2D eigenvalue weighted by Gasteiger charge is -2.27. The summed E-state index contributed by atoms with van der Waals surface area (Å²) in [4.78, 5) is 15.1. The van der Waals surface area contributed by atoms with Crippen molar-refractivity contribution in [3.8, 4) is 0 Å². The predicted octanol–water partition coefficient (Wildman–Crippen LogP) is 0.733. The SMILES string of the molecule is C[C@H]1N[C@@H](C(=O)NN)Cc2c1[nH]c1ccccc21. The first-order valence-electron chi connectivity index (χ1n) is 6.06. The van der Waals surface area contributed by atoms with Gasteiger partial charge in [0.1, 0.15) is 0 Å². The Bertz CT molecular complexity index is 604. The highest BCUT2D eigenvalue weighted by Crippen LogP contribution is 2.31. The van der Waals surface area contributed by atoms with Crippen LogP contribution in [0.15, 0.2) is 24.3 Å². The molecular weight excluding hydrogens is 228 g/mol. The van der Waals surface area contributed by atoms with Crippen LogP contribution in [-0.2, 0) is 11.2 Å². The molecule has 0 unspecified atom stereocenters. The summed E-state index contributed by atoms with van der Waals surface area (Å²) in [6.07, 6.45) is 0.659. The normalized spacial score (nSPS) is 22.8. The standard InChI is InChI=1S/C13H16N4O/c1-7-12-9(6-11(15-7)13(18)17-14)8-4-2-3-5-10(8)16-12/h2-5,7,11,15-16H,6,14H2,1H3,(H,17,18)/t7-,11-/m1/s1. The van der Waals surface area contributed by atoms with Crippen LogP contribution >= 0.6 is 0 Å². The summed E-state index contributed by atoms with van der Waals surface area (Å²) in [6, 6.07) is 8.01. The number of benzene rings is 1. The predicted molar refractivity (Wildman–Crippen MR) is 69.7 cm³/mol. The van der Waals surface area contributed by atoms with E-state index < -0.39 is 0 Å². The smallest absolute Gasteiger partial charge is 0.251 e. The highest BCUT2D eigenvalue weighted by molar-refractivity contribution is 5.88. The van der Waals surface area contributed by atoms with E-state index in [0.29, 0.717) is 6.42 Å². The Morgan fingerprint density at radius 1 is 1.44 bits per heavy atom. The minimum absolute atomic E-state index is 0.114. The van der Waals surface area contributed by atoms with E-state index >= 15 is 0 Å². The number of para-hydroxylation sites is 1. The van der Waals surface area contributed by atoms with Crippen molar-refractivity contribution >= 4 is 16.8 Å². The molecular formula is C13H16N4O. The van der Waals surface area contributed by atoms with Gasteiger partial charge in [0.25, 0.3) is 5.91 Å². The van der Waals surface area contributed by atoms with Crippen LogP contribution in [-0.4, -0.2) is 16.9 Å². The minimum atomic E-state index is -0.267. The van der Waals surface area contributed by atoms with E-state index in [0.717, 1.165) is 11.2 Å². The van der Waals surface area contributed by atoms with Crippen LogP contribution in [0.25, 0.3) is 10.9 Å². The number of rotatable bonds is 1. The van der Waals surface area contributed by atoms with Crippen molar-refractivity contribution in [2.45, 2.75) is 25.4 Å². The van der Waals surface area contributed by atoms with E-state index in [1.807, 2.05) is 19.1 Å². The number of aromatic nitrogens is 1. The monoisotopic (exact) mass is 244 g/mol. The molecule has 5 heteroatoms. The molecule has 1 amide bonds. The molecule has 0 bridgehead atoms. The highest BCUT2D eigenvalue weighted by Gasteiger charge is 2.30. The van der Waals surface area contributed by atoms with Crippen molar-refractivity contribution in [2.24, 2.45) is 5.84 Å². The van der Waals surface area contributed by atoms with Gasteiger partial charge in [0.05, 0.1) is 6.04 Å². The van der Waals surface area contributed by atoms with Crippen molar-refractivity contribution < 1.29 is 4.79 Å². The van der Waals surface area contributed by atoms with Gasteiger partial charge in [0.15, 0.2) is 0 Å². The first kappa shape index (κ1) is 11.3. The molecule has 94 valence electrons. The number of hydrogen-bond donors (Lipinski definition) is 4. The molecule has 0 saturated heterocycles. The molecule has 5 N–H and O–H groups in total. The molecule has 1 aliphatic rings. The fourth-order valence-electron chi connectivity index (χ4n) is 2.73. The molecule has 1 aromatic heterocycles. The Kier molecular flexibility index (Phi) is 2.57. The van der Waals surface area contributed by atoms with Gasteiger partial charge in [0, 0.05) is 22.6 Å². The molecule has 0 saturated carbocycles. The Balaban J connectivity index is 2.09. The van der Waals surface area contributed by atoms with Gasteiger partial charge in [-0.2, -0.15) is 0 Å². The molecule has 5 nitrogen and oxygen atoms in total. The number of nitrogens with one attached hydrogen (secondary N) is 3. The van der Waals surface area contributed by atoms with Gasteiger partial charge in [-0.15, -0.1) is 0 Å². The Labute approximate surface area is 105 Å². The molecule has 2 aromatic rings. The summed E-state index contributed by atoms with van der Waals surface area (Å²) < 4.78 is 0. The lowest BCUT2D eigenvalue weighted by atomic mass is 9.94. The second-order valence-corrected chi connectivity index (χ2v) is 4.72. The summed E-state index contributed by atoms with van der Waals surface area (Å²) in [7, 11) is 0. The Morgan fingerprint density at radius 2 is 2.22 bits per heavy atom. The maximum atomic E-state index is 11.7. The van der Waals surface area contributed by atoms with Crippen molar-refractivity contribution in [3.05, 3.63) is 35.5 Å². The molecule has 18 heavy (non-hydrogen) atoms. The van der Waals surface area contributed by atoms with Crippen LogP contribution < -0.4 is 16.6 Å². The first-order valence-corrected chi connectivity index (χ1v) is 6.06. The molecule has 1 aliphatic heterocycles. The average molecular weight is 244 g/mol. The number of H-pyrrole nitrogens is 1. The molecule has 2 heterocycles. The highest BCUT2D eigenvalue weighted by atomic mass is 16.2. The van der Waals surface area contributed by atoms with Crippen LogP contribution in [0.3, 0.4) is 0 Å². The summed E-state index contributed by atoms with van der Waals surface area (Å²) in [5.74, 6) is 5.04. The molecule has 0 aliphatic carbocycles. The lowest BCUT2D eigenvalue weighted by Crippen LogP contribution is -2.50. The van der Waals surface area contributed by atoms with E-state index in [1.165, 1.54) is 10.9 Å². The van der Waals surface area contributed by atoms with Crippen LogP contribution in [0.1, 0.15) is 24.2 Å². The average Bonchev–Trinajstić information content (AvgIpc) is 2.77. The molecule has 0 spiro atoms. The molecule has 3 rings (SSSR count). The van der Waals surface area contributed by atoms with E-state index in [-0.39, 0.29) is 18.0 Å². The first-order chi connectivity index (χ1) is 8.70. The third-order valence-electron chi connectivity index (χ3n) is 3.60. The number of carbonyl (C=O) groups is 1. The summed E-state index contributed by atoms with van der Waals surface area (Å²) in [5.41, 5.74) is 5.71. The number of fused-ring (bicyclic) bond motifs is 3. The maximum Gasteiger partial charge on any atom is 0.251 e. The zero-order chi connectivity index (χ0) is 12.7. The number of carbonyl (C=O) groups excluding carboxylic acids is 1. The van der Waals surface area contributed by atoms with Gasteiger partial charge in [-0.25, -0.2) is 5.84 Å². The third kappa shape index (κ3) is 1.60. The van der Waals surface area contributed by atoms with Crippen molar-refractivity contribution in [1.29, 1.82) is 0 Å². The fourth-order valence-corrected chi connectivity index (χ4v) is 2.73. The number of amides is 1. The summed E-state index contributed by atoms with van der Waals surface area (Å²) in [6.45, 7) is 2.05. The lowest BCUT2D eigenvalue weighted by molar-refractivity contribution is -0.123. The minimum Gasteiger partial charge on any atom is -0.357 e. The van der Waals surface area contributed by atoms with Gasteiger partial charge in [-0.05, 0) is 25.0 Å². The summed E-state index contributed by atoms with van der Waals surface area (Å²) >= 11 is 0. The summed E-state index contributed by atoms with van der Waals surface area (Å²) in [5, 5.41) is 4.45. The number of nitrogens with two attached hydrogens (primary N) is 1. The van der Waals surface area contributed by atoms with Gasteiger partial charge in [-0.3, -0.25) is 15.5 Å². The van der Waals surface area contributed by atoms with Gasteiger partial charge >= 0.3 is 0 Å². The van der Waals surface area contributed by atoms with Gasteiger partial charge in [-0.1, -0.05) is 18.2 Å². The molecule has 1 aromatic carbocycles. The van der Waals surface area contributed by atoms with Crippen molar-refractivity contribution in [2.75, 3.05) is 0 Å². The fraction of sp³-hybridized carbons (Fsp3) is 0.308. The molecule has 2 atom stereocenters. The third-order valence-corrected chi connectivity index (χ3v) is 3.60. The van der Waals surface area contributed by atoms with E-state index in [2.05, 4.69) is 27.9 Å². The number of aromatic amines is 1. The number of hydrazine groups is 1. The van der Waals surface area contributed by atoms with E-state index in [1.54, 1.807) is 0 Å². The van der Waals surface area contributed by atoms with Crippen molar-refractivity contribution in [1.82, 2.24) is 15.7 Å². The second kappa shape index (κ2) is 4.12. The van der Waals surface area contributed by atoms with Crippen molar-refractivity contribution in [3.63, 3.8) is 0 Å². The Hall–Kier alpha value is -1.85. The molecule has 0 fully saturated rings. The van der Waals surface area contributed by atoms with E-state index in [4.69, 9.17) is 5.84 Å². The van der Waals surface area contributed by atoms with Crippen LogP contribution in [0, 0.1) is 0 Å². The van der Waals surface area contributed by atoms with Crippen LogP contribution in [0.2, 0.25) is 0 Å². The number of hydrogen-bond acceptors (Lipinski definition) is 3. The maximum absolute atomic E-state index is 11.7. The van der Waals surface area contributed by atoms with Gasteiger partial charge < -0.3 is 4.98 Å². The largest absolute Gasteiger partial charge is 0.357 e. The topological polar surface area (TPSA) is 82.9 Å². The van der Waals surface area contributed by atoms with E-state index in [9.17, 15) is 4.79 Å². The molecule has 0 radical (unpaired) electrons. The zero-order valence-electron chi connectivity index (χ0n) is 10.2. The zero-order valence-corrected chi connectivity index (χ0v) is 10.2. The quantitative estimate of drug-likeness (QED) is 0.339. The van der Waals surface area contributed by atoms with Crippen LogP contribution in [0.4, 0.5) is 0 Å². The van der Waals surface area contributed by atoms with Gasteiger partial charge in [0.2, 0.25) is 0 Å².